The Morgan fingerprint density at radius 1 is 1.12 bits per heavy atom. The third-order valence-electron chi connectivity index (χ3n) is 2.97. The summed E-state index contributed by atoms with van der Waals surface area (Å²) in [5, 5.41) is 11.0. The normalized spacial score (nSPS) is 10.2. The summed E-state index contributed by atoms with van der Waals surface area (Å²) in [6, 6.07) is 8.38. The number of nitroso groups, excluding NO2 is 1. The predicted octanol–water partition coefficient (Wildman–Crippen LogP) is -6.37. The summed E-state index contributed by atoms with van der Waals surface area (Å²) in [6.07, 6.45) is 0. The van der Waals surface area contributed by atoms with Crippen molar-refractivity contribution in [3.8, 4) is 11.5 Å². The van der Waals surface area contributed by atoms with Crippen LogP contribution in [0.1, 0.15) is 21.5 Å². The van der Waals surface area contributed by atoms with Gasteiger partial charge in [0.1, 0.15) is 7.82 Å². The molecule has 2 N–H and O–H groups in total. The summed E-state index contributed by atoms with van der Waals surface area (Å²) in [5.41, 5.74) is 0.577. The molecule has 0 aliphatic heterocycles. The number of benzene rings is 2. The number of phenolic OH excluding ortho intramolecular Hbond substituents is 1. The molecule has 0 heterocycles. The number of phosphoric acid groups is 1. The summed E-state index contributed by atoms with van der Waals surface area (Å²) in [6.45, 7) is 1.83. The van der Waals surface area contributed by atoms with Gasteiger partial charge in [0.15, 0.2) is 11.5 Å². The van der Waals surface area contributed by atoms with Crippen LogP contribution in [0.3, 0.4) is 0 Å². The summed E-state index contributed by atoms with van der Waals surface area (Å²) in [7, 11) is -5.47. The van der Waals surface area contributed by atoms with Crippen molar-refractivity contribution in [2.24, 2.45) is 0 Å². The standard InChI is InChI=1S/C14H12NO7P.2Na/c1-8-2-4-9(5-3-8)13(16)10-6-11(15-18)14(17)12(7-10)22-23(19,20)21;;/h2-7,17H,1H3,(H2,19,20,21);;/q;2*+1/p-1. The summed E-state index contributed by atoms with van der Waals surface area (Å²) in [4.78, 5) is 44.6. The first-order valence-electron chi connectivity index (χ1n) is 6.29. The van der Waals surface area contributed by atoms with Crippen LogP contribution in [0.2, 0.25) is 0 Å². The zero-order valence-electron chi connectivity index (χ0n) is 13.8. The molecule has 0 saturated carbocycles. The molecule has 0 fully saturated rings. The quantitative estimate of drug-likeness (QED) is 0.227. The van der Waals surface area contributed by atoms with E-state index in [1.807, 2.05) is 6.92 Å². The molecule has 0 amide bonds. The van der Waals surface area contributed by atoms with Crippen molar-refractivity contribution in [1.29, 1.82) is 0 Å². The number of rotatable bonds is 5. The fourth-order valence-electron chi connectivity index (χ4n) is 1.88. The Bertz CT molecular complexity index is 821. The van der Waals surface area contributed by atoms with Crippen molar-refractivity contribution < 1.29 is 93.1 Å². The van der Waals surface area contributed by atoms with Gasteiger partial charge in [-0.2, -0.15) is 0 Å². The van der Waals surface area contributed by atoms with E-state index in [1.165, 1.54) is 5.18 Å². The van der Waals surface area contributed by atoms with Crippen LogP contribution in [0.4, 0.5) is 5.69 Å². The monoisotopic (exact) mass is 382 g/mol. The maximum absolute atomic E-state index is 12.4. The zero-order valence-corrected chi connectivity index (χ0v) is 18.7. The number of phenols is 1. The zero-order chi connectivity index (χ0) is 17.2. The van der Waals surface area contributed by atoms with Crippen molar-refractivity contribution in [2.45, 2.75) is 6.92 Å². The fourth-order valence-corrected chi connectivity index (χ4v) is 2.26. The second-order valence-electron chi connectivity index (χ2n) is 4.71. The van der Waals surface area contributed by atoms with Gasteiger partial charge in [0.2, 0.25) is 5.75 Å². The number of ketones is 1. The van der Waals surface area contributed by atoms with Crippen LogP contribution >= 0.6 is 7.82 Å². The SMILES string of the molecule is Cc1ccc(C(=O)c2cc([NH+]=O)c(O)c(OP(=O)([O-])[O-])c2)cc1.[Na+].[Na+]. The second-order valence-corrected chi connectivity index (χ2v) is 5.78. The third-order valence-corrected chi connectivity index (χ3v) is 3.39. The first kappa shape index (κ1) is 24.5. The molecule has 0 atom stereocenters. The maximum atomic E-state index is 12.4. The molecule has 0 aliphatic carbocycles. The van der Waals surface area contributed by atoms with Gasteiger partial charge in [-0.25, -0.2) is 0 Å². The molecule has 0 unspecified atom stereocenters. The van der Waals surface area contributed by atoms with Crippen LogP contribution in [0, 0.1) is 11.8 Å². The Kier molecular flexibility index (Phi) is 9.75. The van der Waals surface area contributed by atoms with E-state index in [2.05, 4.69) is 4.52 Å². The summed E-state index contributed by atoms with van der Waals surface area (Å²) < 4.78 is 14.8. The van der Waals surface area contributed by atoms with Gasteiger partial charge in [-0.3, -0.25) is 4.79 Å². The summed E-state index contributed by atoms with van der Waals surface area (Å²) in [5.74, 6) is -2.22. The number of hydrogen-bond donors (Lipinski definition) is 2. The molecule has 0 radical (unpaired) electrons. The van der Waals surface area contributed by atoms with Gasteiger partial charge in [-0.1, -0.05) is 29.8 Å². The van der Waals surface area contributed by atoms with Gasteiger partial charge in [0, 0.05) is 27.3 Å². The molecular formula is C14H11NNa2O7P+. The molecule has 25 heavy (non-hydrogen) atoms. The van der Waals surface area contributed by atoms with E-state index in [1.54, 1.807) is 24.3 Å². The van der Waals surface area contributed by atoms with Crippen LogP contribution in [0.25, 0.3) is 0 Å². The van der Waals surface area contributed by atoms with Crippen molar-refractivity contribution in [1.82, 2.24) is 0 Å². The van der Waals surface area contributed by atoms with Gasteiger partial charge in [0.05, 0.1) is 0 Å². The number of aromatic hydroxyl groups is 1. The average molecular weight is 382 g/mol. The number of nitrogens with one attached hydrogen (secondary N) is 1. The molecule has 120 valence electrons. The molecule has 0 spiro atoms. The Hall–Kier alpha value is -0.540. The predicted molar refractivity (Wildman–Crippen MR) is 74.9 cm³/mol. The Morgan fingerprint density at radius 3 is 2.16 bits per heavy atom. The van der Waals surface area contributed by atoms with Gasteiger partial charge < -0.3 is 24.0 Å². The average Bonchev–Trinajstić information content (AvgIpc) is 2.48. The first-order chi connectivity index (χ1) is 10.7. The Morgan fingerprint density at radius 2 is 1.68 bits per heavy atom. The second kappa shape index (κ2) is 9.97. The van der Waals surface area contributed by atoms with Gasteiger partial charge in [-0.15, -0.1) is 0 Å². The molecule has 8 nitrogen and oxygen atoms in total. The number of phosphoric ester groups is 1. The minimum absolute atomic E-state index is 0. The number of carbonyl (C=O) groups excluding carboxylic acids is 1. The van der Waals surface area contributed by atoms with E-state index in [0.29, 0.717) is 0 Å². The van der Waals surface area contributed by atoms with E-state index in [0.717, 1.165) is 17.7 Å². The van der Waals surface area contributed by atoms with E-state index in [9.17, 15) is 29.2 Å². The molecule has 2 aromatic carbocycles. The van der Waals surface area contributed by atoms with Crippen molar-refractivity contribution >= 4 is 19.3 Å². The molecule has 0 aliphatic rings. The fraction of sp³-hybridized carbons (Fsp3) is 0.0714. The minimum atomic E-state index is -5.47. The minimum Gasteiger partial charge on any atom is -0.780 e. The molecule has 2 aromatic rings. The smallest absolute Gasteiger partial charge is 0.780 e. The maximum Gasteiger partial charge on any atom is 1.00 e. The number of hydrogen-bond acceptors (Lipinski definition) is 7. The Balaban J connectivity index is 0.00000288. The third kappa shape index (κ3) is 6.60. The molecule has 0 saturated heterocycles. The van der Waals surface area contributed by atoms with Crippen LogP contribution in [0.15, 0.2) is 36.4 Å². The molecular weight excluding hydrogens is 371 g/mol. The van der Waals surface area contributed by atoms with Crippen molar-refractivity contribution in [2.75, 3.05) is 0 Å². The van der Waals surface area contributed by atoms with Crippen LogP contribution in [-0.2, 0) is 4.57 Å². The molecule has 2 rings (SSSR count). The summed E-state index contributed by atoms with van der Waals surface area (Å²) >= 11 is 0. The van der Waals surface area contributed by atoms with E-state index >= 15 is 0 Å². The Labute approximate surface area is 187 Å². The van der Waals surface area contributed by atoms with Crippen LogP contribution in [-0.4, -0.2) is 10.9 Å². The molecule has 0 bridgehead atoms. The molecule has 0 aromatic heterocycles. The number of aryl methyl sites for hydroxylation is 1. The van der Waals surface area contributed by atoms with E-state index < -0.39 is 30.8 Å². The van der Waals surface area contributed by atoms with Crippen molar-refractivity contribution in [3.63, 3.8) is 0 Å². The largest absolute Gasteiger partial charge is 1.00 e. The van der Waals surface area contributed by atoms with Crippen LogP contribution < -0.4 is 78.6 Å². The van der Waals surface area contributed by atoms with E-state index in [-0.39, 0.29) is 70.2 Å². The van der Waals surface area contributed by atoms with Gasteiger partial charge in [-0.05, 0) is 13.0 Å². The van der Waals surface area contributed by atoms with Crippen molar-refractivity contribution in [3.05, 3.63) is 58.0 Å². The number of carbonyl (C=O) groups is 1. The van der Waals surface area contributed by atoms with E-state index in [4.69, 9.17) is 0 Å². The van der Waals surface area contributed by atoms with Crippen LogP contribution in [0.5, 0.6) is 11.5 Å². The van der Waals surface area contributed by atoms with Gasteiger partial charge in [0.25, 0.3) is 5.69 Å². The molecule has 11 heteroatoms. The first-order valence-corrected chi connectivity index (χ1v) is 7.75. The topological polar surface area (TPSA) is 141 Å². The van der Waals surface area contributed by atoms with Gasteiger partial charge >= 0.3 is 59.1 Å².